The molecule has 0 aliphatic heterocycles. The standard InChI is InChI=1S/C35H41N7O6/c1-8-19(2)31(35(45)38-25-12-10-9-11-23(25)34-39-41-42(4)40-34)37-27-16-14-22-24(18-28(27)44)26(36-20(3)43)15-13-21-17-29(46-5)32(47-6)33(48-7)30(21)22/h9-12,14,16-19,26,31H,8,13,15H2,1-7H3,(H,36,43)(H,37,44)(H,38,45)/t19-,26+,31+/m0/s1. The van der Waals surface area contributed by atoms with E-state index in [9.17, 15) is 14.4 Å². The number of anilines is 2. The predicted molar refractivity (Wildman–Crippen MR) is 182 cm³/mol. The summed E-state index contributed by atoms with van der Waals surface area (Å²) in [6, 6.07) is 12.9. The predicted octanol–water partition coefficient (Wildman–Crippen LogP) is 4.52. The minimum Gasteiger partial charge on any atom is -0.493 e. The number of nitrogens with zero attached hydrogens (tertiary/aromatic N) is 4. The molecule has 1 aliphatic rings. The van der Waals surface area contributed by atoms with Crippen LogP contribution in [0.2, 0.25) is 0 Å². The van der Waals surface area contributed by atoms with Crippen LogP contribution >= 0.6 is 0 Å². The molecular weight excluding hydrogens is 614 g/mol. The first-order valence-corrected chi connectivity index (χ1v) is 15.8. The summed E-state index contributed by atoms with van der Waals surface area (Å²) in [6.45, 7) is 5.38. The van der Waals surface area contributed by atoms with Gasteiger partial charge in [-0.2, -0.15) is 4.80 Å². The molecule has 1 aliphatic carbocycles. The summed E-state index contributed by atoms with van der Waals surface area (Å²) < 4.78 is 17.2. The van der Waals surface area contributed by atoms with E-state index in [-0.39, 0.29) is 28.8 Å². The molecule has 0 fully saturated rings. The minimum absolute atomic E-state index is 0.154. The Morgan fingerprint density at radius 1 is 1.00 bits per heavy atom. The second-order valence-corrected chi connectivity index (χ2v) is 11.7. The molecule has 0 bridgehead atoms. The summed E-state index contributed by atoms with van der Waals surface area (Å²) in [7, 11) is 6.32. The number of benzene rings is 2. The van der Waals surface area contributed by atoms with Crippen molar-refractivity contribution in [3.63, 3.8) is 0 Å². The monoisotopic (exact) mass is 655 g/mol. The average molecular weight is 656 g/mol. The fourth-order valence-electron chi connectivity index (χ4n) is 6.09. The summed E-state index contributed by atoms with van der Waals surface area (Å²) in [4.78, 5) is 41.6. The lowest BCUT2D eigenvalue weighted by Gasteiger charge is -2.24. The van der Waals surface area contributed by atoms with Crippen LogP contribution in [0.25, 0.3) is 22.5 Å². The maximum atomic E-state index is 14.0. The molecule has 13 nitrogen and oxygen atoms in total. The second-order valence-electron chi connectivity index (χ2n) is 11.7. The van der Waals surface area contributed by atoms with Gasteiger partial charge in [-0.1, -0.05) is 38.5 Å². The summed E-state index contributed by atoms with van der Waals surface area (Å²) >= 11 is 0. The first-order chi connectivity index (χ1) is 23.1. The Balaban J connectivity index is 1.59. The van der Waals surface area contributed by atoms with Crippen LogP contribution in [0.5, 0.6) is 17.2 Å². The molecule has 3 aromatic carbocycles. The van der Waals surface area contributed by atoms with Gasteiger partial charge >= 0.3 is 0 Å². The Hall–Kier alpha value is -5.46. The van der Waals surface area contributed by atoms with E-state index in [1.165, 1.54) is 24.9 Å². The molecule has 2 amide bonds. The van der Waals surface area contributed by atoms with Crippen LogP contribution in [0.1, 0.15) is 50.8 Å². The SMILES string of the molecule is CC[C@H](C)[C@@H](Nc1ccc2c(cc1=O)[C@H](NC(C)=O)CCc1cc(OC)c(OC)c(OC)c1-2)C(=O)Nc1ccccc1-c1nnn(C)n1. The van der Waals surface area contributed by atoms with E-state index in [1.54, 1.807) is 39.5 Å². The van der Waals surface area contributed by atoms with Crippen molar-refractivity contribution in [1.82, 2.24) is 25.5 Å². The number of ether oxygens (including phenoxy) is 3. The van der Waals surface area contributed by atoms with E-state index < -0.39 is 12.1 Å². The lowest BCUT2D eigenvalue weighted by Crippen LogP contribution is -2.40. The molecule has 252 valence electrons. The van der Waals surface area contributed by atoms with Crippen LogP contribution in [0.3, 0.4) is 0 Å². The van der Waals surface area contributed by atoms with Gasteiger partial charge in [0.15, 0.2) is 11.5 Å². The number of fused-ring (bicyclic) bond motifs is 3. The van der Waals surface area contributed by atoms with Crippen molar-refractivity contribution in [3.8, 4) is 39.8 Å². The quantitative estimate of drug-likeness (QED) is 0.210. The topological polar surface area (TPSA) is 159 Å². The van der Waals surface area contributed by atoms with Crippen molar-refractivity contribution < 1.29 is 23.8 Å². The van der Waals surface area contributed by atoms with Crippen molar-refractivity contribution in [3.05, 3.63) is 69.9 Å². The zero-order valence-electron chi connectivity index (χ0n) is 28.2. The van der Waals surface area contributed by atoms with Crippen LogP contribution < -0.4 is 35.6 Å². The highest BCUT2D eigenvalue weighted by molar-refractivity contribution is 5.99. The molecule has 0 saturated carbocycles. The maximum absolute atomic E-state index is 14.0. The molecule has 5 rings (SSSR count). The van der Waals surface area contributed by atoms with E-state index in [4.69, 9.17) is 14.2 Å². The van der Waals surface area contributed by atoms with E-state index in [0.29, 0.717) is 64.7 Å². The van der Waals surface area contributed by atoms with Crippen molar-refractivity contribution in [1.29, 1.82) is 0 Å². The average Bonchev–Trinajstić information content (AvgIpc) is 3.38. The smallest absolute Gasteiger partial charge is 0.247 e. The van der Waals surface area contributed by atoms with Gasteiger partial charge in [0.1, 0.15) is 6.04 Å². The van der Waals surface area contributed by atoms with Gasteiger partial charge < -0.3 is 30.2 Å². The van der Waals surface area contributed by atoms with Gasteiger partial charge in [-0.25, -0.2) is 0 Å². The molecule has 4 aromatic rings. The number of nitrogens with one attached hydrogen (secondary N) is 3. The third-order valence-corrected chi connectivity index (χ3v) is 8.66. The van der Waals surface area contributed by atoms with Crippen LogP contribution in [0.4, 0.5) is 11.4 Å². The molecule has 13 heteroatoms. The van der Waals surface area contributed by atoms with E-state index in [0.717, 1.165) is 11.1 Å². The lowest BCUT2D eigenvalue weighted by molar-refractivity contribution is -0.120. The Morgan fingerprint density at radius 3 is 2.40 bits per heavy atom. The van der Waals surface area contributed by atoms with Gasteiger partial charge in [-0.15, -0.1) is 10.2 Å². The van der Waals surface area contributed by atoms with Crippen LogP contribution in [-0.4, -0.2) is 59.4 Å². The summed E-state index contributed by atoms with van der Waals surface area (Å²) in [6.07, 6.45) is 1.78. The molecule has 0 radical (unpaired) electrons. The first kappa shape index (κ1) is 33.9. The molecular formula is C35H41N7O6. The number of carbonyl (C=O) groups is 2. The minimum atomic E-state index is -0.773. The van der Waals surface area contributed by atoms with E-state index >= 15 is 0 Å². The largest absolute Gasteiger partial charge is 0.493 e. The van der Waals surface area contributed by atoms with Crippen LogP contribution in [0, 0.1) is 5.92 Å². The van der Waals surface area contributed by atoms with Gasteiger partial charge in [0.2, 0.25) is 28.8 Å². The van der Waals surface area contributed by atoms with Gasteiger partial charge in [0, 0.05) is 18.1 Å². The van der Waals surface area contributed by atoms with Crippen molar-refractivity contribution in [2.24, 2.45) is 13.0 Å². The van der Waals surface area contributed by atoms with Gasteiger partial charge in [-0.05, 0) is 71.0 Å². The molecule has 3 atom stereocenters. The highest BCUT2D eigenvalue weighted by Crippen LogP contribution is 2.50. The number of aromatic nitrogens is 4. The number of para-hydroxylation sites is 1. The van der Waals surface area contributed by atoms with Crippen molar-refractivity contribution in [2.75, 3.05) is 32.0 Å². The fraction of sp³-hybridized carbons (Fsp3) is 0.371. The van der Waals surface area contributed by atoms with Crippen molar-refractivity contribution in [2.45, 2.75) is 52.1 Å². The van der Waals surface area contributed by atoms with Gasteiger partial charge in [0.05, 0.1) is 45.8 Å². The lowest BCUT2D eigenvalue weighted by atomic mass is 9.95. The van der Waals surface area contributed by atoms with Gasteiger partial charge in [0.25, 0.3) is 0 Å². The van der Waals surface area contributed by atoms with Crippen molar-refractivity contribution >= 4 is 23.2 Å². The van der Waals surface area contributed by atoms with E-state index in [2.05, 4.69) is 31.4 Å². The highest BCUT2D eigenvalue weighted by atomic mass is 16.5. The Kier molecular flexibility index (Phi) is 10.3. The molecule has 1 aromatic heterocycles. The zero-order chi connectivity index (χ0) is 34.5. The van der Waals surface area contributed by atoms with Crippen LogP contribution in [0.15, 0.2) is 53.3 Å². The number of amides is 2. The zero-order valence-corrected chi connectivity index (χ0v) is 28.2. The maximum Gasteiger partial charge on any atom is 0.247 e. The normalized spacial score (nSPS) is 14.8. The number of rotatable bonds is 11. The number of hydrogen-bond acceptors (Lipinski definition) is 10. The molecule has 0 saturated heterocycles. The summed E-state index contributed by atoms with van der Waals surface area (Å²) in [5, 5.41) is 21.6. The Morgan fingerprint density at radius 2 is 1.75 bits per heavy atom. The third kappa shape index (κ3) is 6.80. The molecule has 48 heavy (non-hydrogen) atoms. The Bertz CT molecular complexity index is 1890. The van der Waals surface area contributed by atoms with E-state index in [1.807, 2.05) is 38.1 Å². The molecule has 0 unspecified atom stereocenters. The van der Waals surface area contributed by atoms with Crippen LogP contribution in [-0.2, 0) is 23.1 Å². The number of hydrogen-bond donors (Lipinski definition) is 3. The first-order valence-electron chi connectivity index (χ1n) is 15.8. The highest BCUT2D eigenvalue weighted by Gasteiger charge is 2.31. The number of methoxy groups -OCH3 is 3. The number of tetrazole rings is 1. The summed E-state index contributed by atoms with van der Waals surface area (Å²) in [5.41, 5.74) is 4.01. The third-order valence-electron chi connectivity index (χ3n) is 8.66. The number of carbonyl (C=O) groups excluding carboxylic acids is 2. The second kappa shape index (κ2) is 14.5. The van der Waals surface area contributed by atoms with Gasteiger partial charge in [-0.3, -0.25) is 14.4 Å². The molecule has 0 spiro atoms. The Labute approximate surface area is 279 Å². The molecule has 1 heterocycles. The fourth-order valence-corrected chi connectivity index (χ4v) is 6.09. The summed E-state index contributed by atoms with van der Waals surface area (Å²) in [5.74, 6) is 1.06. The number of aryl methyl sites for hydroxylation is 2. The molecule has 3 N–H and O–H groups in total.